The van der Waals surface area contributed by atoms with Crippen LogP contribution in [0.5, 0.6) is 11.5 Å². The average Bonchev–Trinajstić information content (AvgIpc) is 3.42. The van der Waals surface area contributed by atoms with E-state index in [1.165, 1.54) is 14.2 Å². The predicted molar refractivity (Wildman–Crippen MR) is 114 cm³/mol. The minimum absolute atomic E-state index is 0.409. The van der Waals surface area contributed by atoms with Crippen molar-refractivity contribution in [3.05, 3.63) is 59.9 Å². The molecule has 0 fully saturated rings. The number of benzene rings is 2. The zero-order valence-corrected chi connectivity index (χ0v) is 17.7. The highest BCUT2D eigenvalue weighted by Crippen LogP contribution is 2.34. The van der Waals surface area contributed by atoms with Gasteiger partial charge in [0.1, 0.15) is 16.4 Å². The quantitative estimate of drug-likeness (QED) is 0.461. The molecular weight excluding hydrogens is 404 g/mol. The lowest BCUT2D eigenvalue weighted by molar-refractivity contribution is 0.375. The molecule has 0 radical (unpaired) electrons. The van der Waals surface area contributed by atoms with E-state index in [1.807, 2.05) is 23.0 Å². The van der Waals surface area contributed by atoms with Gasteiger partial charge >= 0.3 is 0 Å². The molecular formula is C21H22N4O4S. The second-order valence-corrected chi connectivity index (χ2v) is 7.73. The molecule has 0 aliphatic carbocycles. The third-order valence-electron chi connectivity index (χ3n) is 4.76. The molecule has 1 atom stereocenters. The Hall–Kier alpha value is -3.33. The first kappa shape index (κ1) is 20.0. The van der Waals surface area contributed by atoms with Crippen LogP contribution in [0.1, 0.15) is 18.1 Å². The van der Waals surface area contributed by atoms with Gasteiger partial charge in [0.2, 0.25) is 0 Å². The van der Waals surface area contributed by atoms with Gasteiger partial charge in [0.15, 0.2) is 22.4 Å². The van der Waals surface area contributed by atoms with Crippen LogP contribution in [0, 0.1) is 0 Å². The van der Waals surface area contributed by atoms with Crippen LogP contribution in [0.2, 0.25) is 0 Å². The molecule has 0 spiro atoms. The SMILES string of the molecule is CCc1cc(Cn2cccn2)cc2onc(NS(=O)c3c(OC)cccc3OC)c12. The Bertz CT molecular complexity index is 1170. The van der Waals surface area contributed by atoms with Gasteiger partial charge in [0.25, 0.3) is 0 Å². The van der Waals surface area contributed by atoms with Gasteiger partial charge < -0.3 is 14.0 Å². The van der Waals surface area contributed by atoms with Crippen molar-refractivity contribution < 1.29 is 18.2 Å². The van der Waals surface area contributed by atoms with E-state index in [4.69, 9.17) is 14.0 Å². The fourth-order valence-corrected chi connectivity index (χ4v) is 4.46. The van der Waals surface area contributed by atoms with Crippen LogP contribution >= 0.6 is 0 Å². The number of anilines is 1. The normalized spacial score (nSPS) is 12.1. The van der Waals surface area contributed by atoms with Crippen molar-refractivity contribution >= 4 is 27.8 Å². The van der Waals surface area contributed by atoms with Crippen molar-refractivity contribution in [1.29, 1.82) is 0 Å². The lowest BCUT2D eigenvalue weighted by atomic mass is 10.0. The number of fused-ring (bicyclic) bond motifs is 1. The number of rotatable bonds is 8. The largest absolute Gasteiger partial charge is 0.495 e. The number of nitrogens with one attached hydrogen (secondary N) is 1. The summed E-state index contributed by atoms with van der Waals surface area (Å²) in [5, 5.41) is 9.20. The number of hydrogen-bond donors (Lipinski definition) is 1. The summed E-state index contributed by atoms with van der Waals surface area (Å²) in [6.45, 7) is 2.69. The Balaban J connectivity index is 1.70. The molecule has 0 aliphatic rings. The predicted octanol–water partition coefficient (Wildman–Crippen LogP) is 3.79. The van der Waals surface area contributed by atoms with Gasteiger partial charge in [0.05, 0.1) is 26.2 Å². The molecule has 0 bridgehead atoms. The molecule has 0 aliphatic heterocycles. The zero-order chi connectivity index (χ0) is 21.1. The van der Waals surface area contributed by atoms with Gasteiger partial charge in [-0.25, -0.2) is 4.21 Å². The van der Waals surface area contributed by atoms with Crippen LogP contribution in [0.25, 0.3) is 11.0 Å². The Morgan fingerprint density at radius 2 is 1.93 bits per heavy atom. The van der Waals surface area contributed by atoms with E-state index in [0.717, 1.165) is 22.9 Å². The van der Waals surface area contributed by atoms with E-state index in [9.17, 15) is 4.21 Å². The van der Waals surface area contributed by atoms with Crippen LogP contribution in [0.15, 0.2) is 58.2 Å². The maximum Gasteiger partial charge on any atom is 0.189 e. The summed E-state index contributed by atoms with van der Waals surface area (Å²) in [7, 11) is 1.38. The molecule has 4 rings (SSSR count). The first-order valence-electron chi connectivity index (χ1n) is 9.42. The summed E-state index contributed by atoms with van der Waals surface area (Å²) < 4.78 is 34.2. The van der Waals surface area contributed by atoms with Crippen molar-refractivity contribution in [3.63, 3.8) is 0 Å². The van der Waals surface area contributed by atoms with E-state index >= 15 is 0 Å². The number of aromatic nitrogens is 3. The van der Waals surface area contributed by atoms with Crippen LogP contribution in [-0.2, 0) is 24.0 Å². The number of nitrogens with zero attached hydrogens (tertiary/aromatic N) is 3. The lowest BCUT2D eigenvalue weighted by Crippen LogP contribution is -2.09. The molecule has 0 saturated heterocycles. The first-order valence-corrected chi connectivity index (χ1v) is 10.6. The Labute approximate surface area is 176 Å². The molecule has 30 heavy (non-hydrogen) atoms. The Morgan fingerprint density at radius 1 is 1.17 bits per heavy atom. The van der Waals surface area contributed by atoms with Crippen molar-refractivity contribution in [2.45, 2.75) is 24.8 Å². The molecule has 2 heterocycles. The van der Waals surface area contributed by atoms with E-state index in [-0.39, 0.29) is 0 Å². The molecule has 1 N–H and O–H groups in total. The first-order chi connectivity index (χ1) is 14.6. The van der Waals surface area contributed by atoms with Crippen molar-refractivity contribution in [2.24, 2.45) is 0 Å². The summed E-state index contributed by atoms with van der Waals surface area (Å²) in [5.41, 5.74) is 2.73. The fourth-order valence-electron chi connectivity index (χ4n) is 3.38. The van der Waals surface area contributed by atoms with Gasteiger partial charge in [-0.1, -0.05) is 24.2 Å². The summed E-state index contributed by atoms with van der Waals surface area (Å²) in [5.74, 6) is 1.34. The molecule has 2 aromatic carbocycles. The lowest BCUT2D eigenvalue weighted by Gasteiger charge is -2.13. The van der Waals surface area contributed by atoms with Gasteiger partial charge in [-0.3, -0.25) is 9.40 Å². The highest BCUT2D eigenvalue weighted by molar-refractivity contribution is 7.86. The highest BCUT2D eigenvalue weighted by Gasteiger charge is 2.21. The molecule has 2 aromatic heterocycles. The maximum atomic E-state index is 13.1. The van der Waals surface area contributed by atoms with E-state index in [1.54, 1.807) is 24.4 Å². The summed E-state index contributed by atoms with van der Waals surface area (Å²) in [6, 6.07) is 11.2. The van der Waals surface area contributed by atoms with E-state index in [2.05, 4.69) is 28.0 Å². The second kappa shape index (κ2) is 8.58. The third kappa shape index (κ3) is 3.76. The Kier molecular flexibility index (Phi) is 5.71. The van der Waals surface area contributed by atoms with Gasteiger partial charge in [-0.05, 0) is 41.8 Å². The van der Waals surface area contributed by atoms with Crippen LogP contribution < -0.4 is 14.2 Å². The average molecular weight is 426 g/mol. The Morgan fingerprint density at radius 3 is 2.57 bits per heavy atom. The number of ether oxygens (including phenoxy) is 2. The van der Waals surface area contributed by atoms with Crippen molar-refractivity contribution in [1.82, 2.24) is 14.9 Å². The van der Waals surface area contributed by atoms with Crippen LogP contribution in [-0.4, -0.2) is 33.4 Å². The maximum absolute atomic E-state index is 13.1. The number of aryl methyl sites for hydroxylation is 1. The monoisotopic (exact) mass is 426 g/mol. The third-order valence-corrected chi connectivity index (χ3v) is 5.91. The summed E-state index contributed by atoms with van der Waals surface area (Å²) in [4.78, 5) is 0.409. The number of hydrogen-bond acceptors (Lipinski definition) is 6. The van der Waals surface area contributed by atoms with E-state index < -0.39 is 11.0 Å². The smallest absolute Gasteiger partial charge is 0.189 e. The van der Waals surface area contributed by atoms with Crippen molar-refractivity contribution in [2.75, 3.05) is 18.9 Å². The zero-order valence-electron chi connectivity index (χ0n) is 16.9. The molecule has 156 valence electrons. The molecule has 9 heteroatoms. The van der Waals surface area contributed by atoms with E-state index in [0.29, 0.717) is 34.3 Å². The van der Waals surface area contributed by atoms with Gasteiger partial charge in [-0.2, -0.15) is 5.10 Å². The minimum Gasteiger partial charge on any atom is -0.495 e. The summed E-state index contributed by atoms with van der Waals surface area (Å²) >= 11 is 0. The standard InChI is InChI=1S/C21H22N4O4S/c1-4-15-11-14(13-25-10-6-9-22-25)12-18-19(15)21(23-29-18)24-30(26)20-16(27-2)7-5-8-17(20)28-3/h5-12H,4,13H2,1-3H3,(H,23,24). The fraction of sp³-hybridized carbons (Fsp3) is 0.238. The van der Waals surface area contributed by atoms with Crippen LogP contribution in [0.4, 0.5) is 5.82 Å². The molecule has 4 aromatic rings. The molecule has 1 unspecified atom stereocenters. The molecule has 8 nitrogen and oxygen atoms in total. The van der Waals surface area contributed by atoms with Crippen LogP contribution in [0.3, 0.4) is 0 Å². The molecule has 0 saturated carbocycles. The van der Waals surface area contributed by atoms with Gasteiger partial charge in [0, 0.05) is 12.4 Å². The highest BCUT2D eigenvalue weighted by atomic mass is 32.2. The van der Waals surface area contributed by atoms with Crippen molar-refractivity contribution in [3.8, 4) is 11.5 Å². The number of methoxy groups -OCH3 is 2. The topological polar surface area (TPSA) is 91.4 Å². The molecule has 0 amide bonds. The summed E-state index contributed by atoms with van der Waals surface area (Å²) in [6.07, 6.45) is 4.42. The minimum atomic E-state index is -1.67. The van der Waals surface area contributed by atoms with Gasteiger partial charge in [-0.15, -0.1) is 0 Å². The second-order valence-electron chi connectivity index (χ2n) is 6.58.